The normalized spacial score (nSPS) is 18.2. The van der Waals surface area contributed by atoms with Crippen molar-refractivity contribution < 1.29 is 4.79 Å². The Morgan fingerprint density at radius 2 is 2.10 bits per heavy atom. The number of aromatic amines is 1. The van der Waals surface area contributed by atoms with Crippen molar-refractivity contribution >= 4 is 5.91 Å². The van der Waals surface area contributed by atoms with Gasteiger partial charge in [-0.05, 0) is 18.8 Å². The van der Waals surface area contributed by atoms with Crippen LogP contribution in [0.25, 0.3) is 0 Å². The Labute approximate surface area is 120 Å². The van der Waals surface area contributed by atoms with Gasteiger partial charge in [0.2, 0.25) is 5.91 Å². The number of H-pyrrole nitrogens is 1. The Kier molecular flexibility index (Phi) is 4.40. The highest BCUT2D eigenvalue weighted by Gasteiger charge is 2.39. The van der Waals surface area contributed by atoms with Crippen LogP contribution in [0.5, 0.6) is 0 Å². The van der Waals surface area contributed by atoms with E-state index in [9.17, 15) is 4.79 Å². The van der Waals surface area contributed by atoms with E-state index in [0.717, 1.165) is 0 Å². The third kappa shape index (κ3) is 2.99. The number of aromatic nitrogens is 4. The van der Waals surface area contributed by atoms with Gasteiger partial charge < -0.3 is 4.90 Å². The fourth-order valence-electron chi connectivity index (χ4n) is 3.27. The first-order valence-electron chi connectivity index (χ1n) is 7.42. The summed E-state index contributed by atoms with van der Waals surface area (Å²) in [5.74, 6) is 1.48. The fraction of sp³-hybridized carbons (Fsp3) is 0.857. The van der Waals surface area contributed by atoms with Gasteiger partial charge in [0, 0.05) is 24.9 Å². The van der Waals surface area contributed by atoms with E-state index in [0.29, 0.717) is 18.3 Å². The van der Waals surface area contributed by atoms with E-state index < -0.39 is 0 Å². The van der Waals surface area contributed by atoms with E-state index in [4.69, 9.17) is 0 Å². The molecule has 1 saturated carbocycles. The highest BCUT2D eigenvalue weighted by atomic mass is 16.2. The molecule has 0 aromatic carbocycles. The molecule has 1 aromatic rings. The third-order valence-corrected chi connectivity index (χ3v) is 4.62. The lowest BCUT2D eigenvalue weighted by atomic mass is 9.76. The van der Waals surface area contributed by atoms with Crippen molar-refractivity contribution in [3.63, 3.8) is 0 Å². The molecule has 1 aliphatic rings. The molecule has 112 valence electrons. The van der Waals surface area contributed by atoms with Crippen LogP contribution in [0.3, 0.4) is 0 Å². The molecule has 1 aromatic heterocycles. The predicted molar refractivity (Wildman–Crippen MR) is 76.0 cm³/mol. The van der Waals surface area contributed by atoms with Gasteiger partial charge in [-0.25, -0.2) is 0 Å². The Hall–Kier alpha value is -1.46. The zero-order valence-corrected chi connectivity index (χ0v) is 12.9. The minimum atomic E-state index is -0.276. The van der Waals surface area contributed by atoms with Crippen molar-refractivity contribution in [2.75, 3.05) is 13.6 Å². The number of rotatable bonds is 5. The third-order valence-electron chi connectivity index (χ3n) is 4.62. The summed E-state index contributed by atoms with van der Waals surface area (Å²) in [6, 6.07) is 0. The minimum absolute atomic E-state index is 0.0853. The number of likely N-dealkylation sites (N-methyl/N-ethyl adjacent to an activating group) is 1. The smallest absolute Gasteiger partial charge is 0.228 e. The molecule has 1 N–H and O–H groups in total. The molecule has 20 heavy (non-hydrogen) atoms. The zero-order chi connectivity index (χ0) is 14.8. The number of amides is 1. The maximum absolute atomic E-state index is 12.7. The van der Waals surface area contributed by atoms with E-state index in [1.54, 1.807) is 0 Å². The Morgan fingerprint density at radius 1 is 1.45 bits per heavy atom. The lowest BCUT2D eigenvalue weighted by Gasteiger charge is -2.35. The second-order valence-electron chi connectivity index (χ2n) is 6.56. The molecule has 1 fully saturated rings. The summed E-state index contributed by atoms with van der Waals surface area (Å²) in [6.45, 7) is 6.80. The number of hydrogen-bond donors (Lipinski definition) is 1. The van der Waals surface area contributed by atoms with Crippen LogP contribution in [0.2, 0.25) is 0 Å². The molecule has 1 amide bonds. The van der Waals surface area contributed by atoms with Gasteiger partial charge in [-0.1, -0.05) is 38.8 Å². The average molecular weight is 279 g/mol. The van der Waals surface area contributed by atoms with E-state index >= 15 is 0 Å². The van der Waals surface area contributed by atoms with Gasteiger partial charge in [0.25, 0.3) is 0 Å². The average Bonchev–Trinajstić information content (AvgIpc) is 3.10. The van der Waals surface area contributed by atoms with Crippen molar-refractivity contribution in [1.29, 1.82) is 0 Å². The molecular formula is C14H25N5O. The van der Waals surface area contributed by atoms with Crippen LogP contribution < -0.4 is 0 Å². The van der Waals surface area contributed by atoms with Crippen molar-refractivity contribution in [2.45, 2.75) is 52.4 Å². The van der Waals surface area contributed by atoms with E-state index in [1.165, 1.54) is 25.7 Å². The van der Waals surface area contributed by atoms with Crippen molar-refractivity contribution in [3.05, 3.63) is 5.82 Å². The first-order chi connectivity index (χ1) is 9.43. The maximum atomic E-state index is 12.7. The molecule has 1 unspecified atom stereocenters. The molecule has 1 atom stereocenters. The Balaban J connectivity index is 1.97. The van der Waals surface area contributed by atoms with E-state index in [-0.39, 0.29) is 17.2 Å². The maximum Gasteiger partial charge on any atom is 0.228 e. The van der Waals surface area contributed by atoms with Gasteiger partial charge in [0.1, 0.15) is 0 Å². The quantitative estimate of drug-likeness (QED) is 0.894. The van der Waals surface area contributed by atoms with Gasteiger partial charge >= 0.3 is 0 Å². The monoisotopic (exact) mass is 279 g/mol. The van der Waals surface area contributed by atoms with Crippen LogP contribution >= 0.6 is 0 Å². The standard InChI is InChI=1S/C14H25N5O/c1-10(12-15-17-18-16-12)9-19(4)13(20)14(2,3)11-7-5-6-8-11/h10-11H,5-9H2,1-4H3,(H,15,16,17,18). The number of tetrazole rings is 1. The highest BCUT2D eigenvalue weighted by molar-refractivity contribution is 5.82. The lowest BCUT2D eigenvalue weighted by molar-refractivity contribution is -0.142. The zero-order valence-electron chi connectivity index (χ0n) is 12.9. The van der Waals surface area contributed by atoms with Crippen LogP contribution in [-0.2, 0) is 4.79 Å². The fourth-order valence-corrected chi connectivity index (χ4v) is 3.27. The molecule has 1 heterocycles. The first-order valence-corrected chi connectivity index (χ1v) is 7.42. The van der Waals surface area contributed by atoms with Crippen LogP contribution in [0.4, 0.5) is 0 Å². The van der Waals surface area contributed by atoms with Gasteiger partial charge in [-0.3, -0.25) is 4.79 Å². The van der Waals surface area contributed by atoms with Crippen LogP contribution in [0.15, 0.2) is 0 Å². The summed E-state index contributed by atoms with van der Waals surface area (Å²) < 4.78 is 0. The van der Waals surface area contributed by atoms with Gasteiger partial charge in [-0.15, -0.1) is 10.2 Å². The number of carbonyl (C=O) groups excluding carboxylic acids is 1. The summed E-state index contributed by atoms with van der Waals surface area (Å²) in [7, 11) is 1.87. The summed E-state index contributed by atoms with van der Waals surface area (Å²) >= 11 is 0. The summed E-state index contributed by atoms with van der Waals surface area (Å²) in [6.07, 6.45) is 4.86. The molecule has 6 nitrogen and oxygen atoms in total. The summed E-state index contributed by atoms with van der Waals surface area (Å²) in [5.41, 5.74) is -0.276. The van der Waals surface area contributed by atoms with Crippen molar-refractivity contribution in [2.24, 2.45) is 11.3 Å². The molecule has 2 rings (SSSR count). The molecule has 0 bridgehead atoms. The number of nitrogens with zero attached hydrogens (tertiary/aromatic N) is 4. The summed E-state index contributed by atoms with van der Waals surface area (Å²) in [5, 5.41) is 14.0. The molecule has 1 aliphatic carbocycles. The molecule has 0 aliphatic heterocycles. The second kappa shape index (κ2) is 5.89. The topological polar surface area (TPSA) is 74.8 Å². The summed E-state index contributed by atoms with van der Waals surface area (Å²) in [4.78, 5) is 14.5. The molecular weight excluding hydrogens is 254 g/mol. The van der Waals surface area contributed by atoms with Crippen LogP contribution in [-0.4, -0.2) is 45.0 Å². The molecule has 0 radical (unpaired) electrons. The van der Waals surface area contributed by atoms with E-state index in [2.05, 4.69) is 34.5 Å². The molecule has 0 spiro atoms. The first kappa shape index (κ1) is 14.9. The molecule has 0 saturated heterocycles. The van der Waals surface area contributed by atoms with Gasteiger partial charge in [0.05, 0.1) is 0 Å². The Morgan fingerprint density at radius 3 is 2.65 bits per heavy atom. The van der Waals surface area contributed by atoms with E-state index in [1.807, 2.05) is 18.9 Å². The number of hydrogen-bond acceptors (Lipinski definition) is 4. The highest BCUT2D eigenvalue weighted by Crippen LogP contribution is 2.40. The van der Waals surface area contributed by atoms with Crippen molar-refractivity contribution in [3.8, 4) is 0 Å². The van der Waals surface area contributed by atoms with Crippen LogP contribution in [0.1, 0.15) is 58.2 Å². The second-order valence-corrected chi connectivity index (χ2v) is 6.56. The Bertz CT molecular complexity index is 436. The van der Waals surface area contributed by atoms with Gasteiger partial charge in [0.15, 0.2) is 5.82 Å². The minimum Gasteiger partial charge on any atom is -0.345 e. The van der Waals surface area contributed by atoms with Crippen molar-refractivity contribution in [1.82, 2.24) is 25.5 Å². The molecule has 6 heteroatoms. The lowest BCUT2D eigenvalue weighted by Crippen LogP contribution is -2.43. The predicted octanol–water partition coefficient (Wildman–Crippen LogP) is 1.98. The number of carbonyl (C=O) groups is 1. The van der Waals surface area contributed by atoms with Gasteiger partial charge in [-0.2, -0.15) is 5.21 Å². The largest absolute Gasteiger partial charge is 0.345 e. The SMILES string of the molecule is CC(CN(C)C(=O)C(C)(C)C1CCCC1)c1nn[nH]n1. The van der Waals surface area contributed by atoms with Crippen LogP contribution in [0, 0.1) is 11.3 Å². The number of nitrogens with one attached hydrogen (secondary N) is 1.